The lowest BCUT2D eigenvalue weighted by Gasteiger charge is -2.20. The first-order valence-electron chi connectivity index (χ1n) is 7.55. The Bertz CT molecular complexity index is 705. The third-order valence-electron chi connectivity index (χ3n) is 3.46. The van der Waals surface area contributed by atoms with E-state index in [1.807, 2.05) is 25.1 Å². The van der Waals surface area contributed by atoms with Crippen LogP contribution in [0, 0.1) is 6.92 Å². The van der Waals surface area contributed by atoms with Crippen molar-refractivity contribution in [1.29, 1.82) is 0 Å². The van der Waals surface area contributed by atoms with Crippen molar-refractivity contribution < 1.29 is 14.0 Å². The topological polar surface area (TPSA) is 93.8 Å². The van der Waals surface area contributed by atoms with Gasteiger partial charge in [-0.05, 0) is 25.1 Å². The molecular formula is C16H24IN5O3. The molecule has 8 nitrogen and oxygen atoms in total. The number of benzene rings is 1. The molecule has 0 bridgehead atoms. The molecule has 0 aliphatic carbocycles. The summed E-state index contributed by atoms with van der Waals surface area (Å²) in [6.07, 6.45) is 0. The summed E-state index contributed by atoms with van der Waals surface area (Å²) in [6.45, 7) is 4.18. The highest BCUT2D eigenvalue weighted by atomic mass is 127. The maximum absolute atomic E-state index is 5.42. The third kappa shape index (κ3) is 5.76. The maximum Gasteiger partial charge on any atom is 0.223 e. The second-order valence-electron chi connectivity index (χ2n) is 5.13. The summed E-state index contributed by atoms with van der Waals surface area (Å²) in [5.41, 5.74) is 0.968. The molecule has 0 fully saturated rings. The minimum absolute atomic E-state index is 0. The van der Waals surface area contributed by atoms with Gasteiger partial charge < -0.3 is 24.6 Å². The summed E-state index contributed by atoms with van der Waals surface area (Å²) in [4.78, 5) is 8.35. The van der Waals surface area contributed by atoms with Crippen molar-refractivity contribution in [1.82, 2.24) is 20.8 Å². The van der Waals surface area contributed by atoms with Crippen LogP contribution in [0.3, 0.4) is 0 Å². The summed E-state index contributed by atoms with van der Waals surface area (Å²) in [5, 5.41) is 10.3. The molecular weight excluding hydrogens is 437 g/mol. The molecule has 0 saturated heterocycles. The molecule has 0 aliphatic heterocycles. The smallest absolute Gasteiger partial charge is 0.223 e. The van der Waals surface area contributed by atoms with Crippen LogP contribution in [-0.2, 0) is 6.54 Å². The number of nitrogens with one attached hydrogen (secondary N) is 2. The highest BCUT2D eigenvalue weighted by Crippen LogP contribution is 2.29. The van der Waals surface area contributed by atoms with Crippen LogP contribution in [-0.4, -0.2) is 37.4 Å². The number of hydrogen-bond donors (Lipinski definition) is 2. The van der Waals surface area contributed by atoms with Gasteiger partial charge in [0.2, 0.25) is 5.89 Å². The number of aromatic nitrogens is 2. The van der Waals surface area contributed by atoms with E-state index >= 15 is 0 Å². The first kappa shape index (κ1) is 21.0. The quantitative estimate of drug-likeness (QED) is 0.388. The number of ether oxygens (including phenoxy) is 2. The summed E-state index contributed by atoms with van der Waals surface area (Å²) >= 11 is 0. The van der Waals surface area contributed by atoms with Gasteiger partial charge in [0, 0.05) is 19.5 Å². The van der Waals surface area contributed by atoms with Gasteiger partial charge >= 0.3 is 0 Å². The van der Waals surface area contributed by atoms with Crippen LogP contribution in [0.15, 0.2) is 27.7 Å². The third-order valence-corrected chi connectivity index (χ3v) is 3.46. The second-order valence-corrected chi connectivity index (χ2v) is 5.13. The van der Waals surface area contributed by atoms with Crippen LogP contribution in [0.5, 0.6) is 11.5 Å². The van der Waals surface area contributed by atoms with E-state index in [2.05, 4.69) is 25.8 Å². The molecule has 2 aromatic rings. The van der Waals surface area contributed by atoms with Crippen molar-refractivity contribution in [2.75, 3.05) is 21.3 Å². The number of halogens is 1. The zero-order chi connectivity index (χ0) is 17.5. The minimum atomic E-state index is -0.0479. The number of hydrogen-bond acceptors (Lipinski definition) is 6. The molecule has 1 heterocycles. The zero-order valence-corrected chi connectivity index (χ0v) is 17.3. The largest absolute Gasteiger partial charge is 0.497 e. The molecule has 2 rings (SSSR count). The molecule has 2 N–H and O–H groups in total. The van der Waals surface area contributed by atoms with E-state index in [0.29, 0.717) is 24.2 Å². The number of aryl methyl sites for hydroxylation is 1. The molecule has 1 atom stereocenters. The number of aliphatic imine (C=N–C) groups is 1. The van der Waals surface area contributed by atoms with Gasteiger partial charge in [-0.2, -0.15) is 4.98 Å². The van der Waals surface area contributed by atoms with Crippen molar-refractivity contribution in [3.8, 4) is 11.5 Å². The Balaban J connectivity index is 0.00000312. The van der Waals surface area contributed by atoms with Crippen LogP contribution in [0.1, 0.15) is 30.2 Å². The monoisotopic (exact) mass is 461 g/mol. The Morgan fingerprint density at radius 3 is 2.64 bits per heavy atom. The van der Waals surface area contributed by atoms with Crippen LogP contribution < -0.4 is 20.1 Å². The SMILES string of the molecule is CN=C(NCc1noc(C)n1)NC(C)c1cc(OC)ccc1OC.I. The maximum atomic E-state index is 5.42. The highest BCUT2D eigenvalue weighted by molar-refractivity contribution is 14.0. The van der Waals surface area contributed by atoms with Crippen LogP contribution in [0.2, 0.25) is 0 Å². The number of nitrogens with zero attached hydrogens (tertiary/aromatic N) is 3. The lowest BCUT2D eigenvalue weighted by molar-refractivity contribution is 0.386. The Morgan fingerprint density at radius 2 is 2.08 bits per heavy atom. The van der Waals surface area contributed by atoms with Gasteiger partial charge in [-0.15, -0.1) is 24.0 Å². The van der Waals surface area contributed by atoms with Crippen molar-refractivity contribution in [2.24, 2.45) is 4.99 Å². The number of rotatable bonds is 6. The fourth-order valence-electron chi connectivity index (χ4n) is 2.23. The van der Waals surface area contributed by atoms with Crippen molar-refractivity contribution in [3.63, 3.8) is 0 Å². The van der Waals surface area contributed by atoms with Gasteiger partial charge in [0.05, 0.1) is 26.8 Å². The molecule has 138 valence electrons. The van der Waals surface area contributed by atoms with E-state index in [-0.39, 0.29) is 30.0 Å². The van der Waals surface area contributed by atoms with Crippen molar-refractivity contribution in [2.45, 2.75) is 26.4 Å². The number of methoxy groups -OCH3 is 2. The van der Waals surface area contributed by atoms with Crippen LogP contribution in [0.4, 0.5) is 0 Å². The Hall–Kier alpha value is -2.04. The predicted molar refractivity (Wildman–Crippen MR) is 106 cm³/mol. The molecule has 1 aromatic carbocycles. The highest BCUT2D eigenvalue weighted by Gasteiger charge is 2.14. The second kappa shape index (κ2) is 10.1. The lowest BCUT2D eigenvalue weighted by Crippen LogP contribution is -2.38. The van der Waals surface area contributed by atoms with E-state index in [9.17, 15) is 0 Å². The van der Waals surface area contributed by atoms with Crippen molar-refractivity contribution in [3.05, 3.63) is 35.5 Å². The van der Waals surface area contributed by atoms with E-state index in [0.717, 1.165) is 17.1 Å². The van der Waals surface area contributed by atoms with E-state index in [1.165, 1.54) is 0 Å². The molecule has 0 spiro atoms. The standard InChI is InChI=1S/C16H23N5O3.HI/c1-10(13-8-12(22-4)6-7-14(13)23-5)19-16(17-3)18-9-15-20-11(2)24-21-15;/h6-8,10H,9H2,1-5H3,(H2,17,18,19);1H. The van der Waals surface area contributed by atoms with E-state index in [4.69, 9.17) is 14.0 Å². The number of guanidine groups is 1. The minimum Gasteiger partial charge on any atom is -0.497 e. The summed E-state index contributed by atoms with van der Waals surface area (Å²) in [6, 6.07) is 5.63. The molecule has 0 amide bonds. The molecule has 25 heavy (non-hydrogen) atoms. The molecule has 1 aromatic heterocycles. The van der Waals surface area contributed by atoms with Gasteiger partial charge in [-0.25, -0.2) is 0 Å². The molecule has 0 aliphatic rings. The molecule has 9 heteroatoms. The normalized spacial score (nSPS) is 12.1. The summed E-state index contributed by atoms with van der Waals surface area (Å²) in [5.74, 6) is 3.27. The Morgan fingerprint density at radius 1 is 1.32 bits per heavy atom. The lowest BCUT2D eigenvalue weighted by atomic mass is 10.1. The first-order chi connectivity index (χ1) is 11.6. The van der Waals surface area contributed by atoms with Gasteiger partial charge in [-0.3, -0.25) is 4.99 Å². The molecule has 0 radical (unpaired) electrons. The van der Waals surface area contributed by atoms with Gasteiger partial charge in [0.25, 0.3) is 0 Å². The van der Waals surface area contributed by atoms with Crippen LogP contribution in [0.25, 0.3) is 0 Å². The molecule has 0 saturated carbocycles. The first-order valence-corrected chi connectivity index (χ1v) is 7.55. The zero-order valence-electron chi connectivity index (χ0n) is 15.0. The average Bonchev–Trinajstić information content (AvgIpc) is 3.03. The summed E-state index contributed by atoms with van der Waals surface area (Å²) < 4.78 is 15.7. The van der Waals surface area contributed by atoms with E-state index in [1.54, 1.807) is 28.2 Å². The fraction of sp³-hybridized carbons (Fsp3) is 0.438. The van der Waals surface area contributed by atoms with Gasteiger partial charge in [0.15, 0.2) is 11.8 Å². The average molecular weight is 461 g/mol. The summed E-state index contributed by atoms with van der Waals surface area (Å²) in [7, 11) is 4.98. The van der Waals surface area contributed by atoms with E-state index < -0.39 is 0 Å². The Kier molecular flexibility index (Phi) is 8.46. The Labute approximate surface area is 164 Å². The van der Waals surface area contributed by atoms with Gasteiger partial charge in [-0.1, -0.05) is 5.16 Å². The van der Waals surface area contributed by atoms with Gasteiger partial charge in [0.1, 0.15) is 11.5 Å². The van der Waals surface area contributed by atoms with Crippen LogP contribution >= 0.6 is 24.0 Å². The fourth-order valence-corrected chi connectivity index (χ4v) is 2.23. The van der Waals surface area contributed by atoms with Crippen molar-refractivity contribution >= 4 is 29.9 Å². The molecule has 1 unspecified atom stereocenters. The predicted octanol–water partition coefficient (Wildman–Crippen LogP) is 2.44.